The molecule has 0 radical (unpaired) electrons. The minimum atomic E-state index is -0.789. The Hall–Kier alpha value is -1.06. The molecule has 1 saturated carbocycles. The van der Waals surface area contributed by atoms with Gasteiger partial charge in [-0.1, -0.05) is 20.3 Å². The Kier molecular flexibility index (Phi) is 3.88. The van der Waals surface area contributed by atoms with Gasteiger partial charge in [0.1, 0.15) is 0 Å². The smallest absolute Gasteiger partial charge is 0.310 e. The number of carboxylic acids is 1. The molecule has 0 aromatic heterocycles. The van der Waals surface area contributed by atoms with E-state index in [9.17, 15) is 14.7 Å². The van der Waals surface area contributed by atoms with Crippen LogP contribution in [0.3, 0.4) is 0 Å². The first-order valence-electron chi connectivity index (χ1n) is 7.42. The lowest BCUT2D eigenvalue weighted by molar-refractivity contribution is -0.160. The zero-order valence-electron chi connectivity index (χ0n) is 12.1. The first-order valence-corrected chi connectivity index (χ1v) is 7.42. The zero-order chi connectivity index (χ0) is 14.1. The number of hydrogen-bond acceptors (Lipinski definition) is 2. The first kappa shape index (κ1) is 14.4. The number of likely N-dealkylation sites (tertiary alicyclic amines) is 1. The number of nitrogens with zero attached hydrogens (tertiary/aromatic N) is 1. The number of aliphatic carboxylic acids is 1. The first-order chi connectivity index (χ1) is 8.91. The van der Waals surface area contributed by atoms with E-state index in [2.05, 4.69) is 13.8 Å². The van der Waals surface area contributed by atoms with Crippen molar-refractivity contribution in [2.24, 2.45) is 10.8 Å². The SMILES string of the molecule is CCC1(C)CCCN(C(=O)CC2(C(=O)O)CCC2)C1. The van der Waals surface area contributed by atoms with Crippen LogP contribution in [0.4, 0.5) is 0 Å². The van der Waals surface area contributed by atoms with Gasteiger partial charge in [-0.3, -0.25) is 9.59 Å². The van der Waals surface area contributed by atoms with Crippen LogP contribution in [0.1, 0.15) is 58.8 Å². The molecule has 0 aromatic carbocycles. The van der Waals surface area contributed by atoms with Crippen LogP contribution in [-0.4, -0.2) is 35.0 Å². The highest BCUT2D eigenvalue weighted by Crippen LogP contribution is 2.45. The fourth-order valence-corrected chi connectivity index (χ4v) is 3.29. The Labute approximate surface area is 115 Å². The van der Waals surface area contributed by atoms with Crippen molar-refractivity contribution in [3.8, 4) is 0 Å². The van der Waals surface area contributed by atoms with Gasteiger partial charge in [0.25, 0.3) is 0 Å². The fraction of sp³-hybridized carbons (Fsp3) is 0.867. The summed E-state index contributed by atoms with van der Waals surface area (Å²) in [5.41, 5.74) is -0.541. The molecule has 108 valence electrons. The number of piperidine rings is 1. The largest absolute Gasteiger partial charge is 0.481 e. The molecular weight excluding hydrogens is 242 g/mol. The molecule has 0 spiro atoms. The molecule has 1 N–H and O–H groups in total. The van der Waals surface area contributed by atoms with Crippen molar-refractivity contribution in [1.29, 1.82) is 0 Å². The van der Waals surface area contributed by atoms with Gasteiger partial charge in [0, 0.05) is 19.5 Å². The molecule has 1 atom stereocenters. The number of rotatable bonds is 4. The van der Waals surface area contributed by atoms with E-state index in [-0.39, 0.29) is 17.7 Å². The van der Waals surface area contributed by atoms with E-state index in [4.69, 9.17) is 0 Å². The maximum atomic E-state index is 12.4. The molecule has 1 aliphatic heterocycles. The highest BCUT2D eigenvalue weighted by atomic mass is 16.4. The molecule has 4 heteroatoms. The predicted octanol–water partition coefficient (Wildman–Crippen LogP) is 2.67. The van der Waals surface area contributed by atoms with Crippen LogP contribution in [0.25, 0.3) is 0 Å². The quantitative estimate of drug-likeness (QED) is 0.852. The summed E-state index contributed by atoms with van der Waals surface area (Å²) >= 11 is 0. The van der Waals surface area contributed by atoms with Gasteiger partial charge in [0.2, 0.25) is 5.91 Å². The molecule has 1 amide bonds. The Morgan fingerprint density at radius 3 is 2.37 bits per heavy atom. The van der Waals surface area contributed by atoms with Crippen molar-refractivity contribution in [1.82, 2.24) is 4.90 Å². The highest BCUT2D eigenvalue weighted by Gasteiger charge is 2.47. The topological polar surface area (TPSA) is 57.6 Å². The number of carboxylic acid groups (broad SMARTS) is 1. The molecule has 19 heavy (non-hydrogen) atoms. The lowest BCUT2D eigenvalue weighted by Crippen LogP contribution is -2.48. The summed E-state index contributed by atoms with van der Waals surface area (Å²) in [4.78, 5) is 25.6. The van der Waals surface area contributed by atoms with Gasteiger partial charge in [-0.25, -0.2) is 0 Å². The van der Waals surface area contributed by atoms with Crippen LogP contribution in [-0.2, 0) is 9.59 Å². The average Bonchev–Trinajstić information content (AvgIpc) is 2.33. The molecule has 2 rings (SSSR count). The summed E-state index contributed by atoms with van der Waals surface area (Å²) in [5.74, 6) is -0.746. The number of hydrogen-bond donors (Lipinski definition) is 1. The van der Waals surface area contributed by atoms with Crippen LogP contribution in [0.2, 0.25) is 0 Å². The minimum Gasteiger partial charge on any atom is -0.481 e. The Bertz CT molecular complexity index is 376. The highest BCUT2D eigenvalue weighted by molar-refractivity contribution is 5.85. The molecule has 1 heterocycles. The third-order valence-corrected chi connectivity index (χ3v) is 5.24. The van der Waals surface area contributed by atoms with Crippen LogP contribution in [0.15, 0.2) is 0 Å². The third-order valence-electron chi connectivity index (χ3n) is 5.24. The van der Waals surface area contributed by atoms with Crippen molar-refractivity contribution in [2.45, 2.75) is 58.8 Å². The van der Waals surface area contributed by atoms with E-state index in [1.165, 1.54) is 0 Å². The minimum absolute atomic E-state index is 0.0430. The van der Waals surface area contributed by atoms with E-state index < -0.39 is 11.4 Å². The third kappa shape index (κ3) is 2.77. The van der Waals surface area contributed by atoms with Crippen LogP contribution in [0.5, 0.6) is 0 Å². The second-order valence-electron chi connectivity index (χ2n) is 6.70. The van der Waals surface area contributed by atoms with Crippen molar-refractivity contribution in [3.63, 3.8) is 0 Å². The summed E-state index contributed by atoms with van der Waals surface area (Å²) in [7, 11) is 0. The molecule has 1 unspecified atom stereocenters. The summed E-state index contributed by atoms with van der Waals surface area (Å²) in [5, 5.41) is 9.31. The number of carbonyl (C=O) groups is 2. The summed E-state index contributed by atoms with van der Waals surface area (Å²) < 4.78 is 0. The molecule has 0 aromatic rings. The van der Waals surface area contributed by atoms with Crippen molar-refractivity contribution < 1.29 is 14.7 Å². The molecule has 2 aliphatic rings. The predicted molar refractivity (Wildman–Crippen MR) is 72.7 cm³/mol. The van der Waals surface area contributed by atoms with Gasteiger partial charge in [-0.05, 0) is 37.5 Å². The molecule has 1 saturated heterocycles. The maximum absolute atomic E-state index is 12.4. The van der Waals surface area contributed by atoms with Crippen LogP contribution >= 0.6 is 0 Å². The van der Waals surface area contributed by atoms with Gasteiger partial charge in [-0.2, -0.15) is 0 Å². The van der Waals surface area contributed by atoms with E-state index in [1.54, 1.807) is 0 Å². The van der Waals surface area contributed by atoms with E-state index >= 15 is 0 Å². The molecule has 2 fully saturated rings. The van der Waals surface area contributed by atoms with Crippen molar-refractivity contribution in [2.75, 3.05) is 13.1 Å². The van der Waals surface area contributed by atoms with Crippen LogP contribution in [0, 0.1) is 10.8 Å². The van der Waals surface area contributed by atoms with Gasteiger partial charge in [-0.15, -0.1) is 0 Å². The van der Waals surface area contributed by atoms with Gasteiger partial charge < -0.3 is 10.0 Å². The van der Waals surface area contributed by atoms with E-state index in [0.29, 0.717) is 12.8 Å². The lowest BCUT2D eigenvalue weighted by Gasteiger charge is -2.43. The summed E-state index contributed by atoms with van der Waals surface area (Å²) in [6, 6.07) is 0. The molecular formula is C15H25NO3. The van der Waals surface area contributed by atoms with Gasteiger partial charge in [0.05, 0.1) is 5.41 Å². The van der Waals surface area contributed by atoms with Crippen molar-refractivity contribution >= 4 is 11.9 Å². The molecule has 4 nitrogen and oxygen atoms in total. The maximum Gasteiger partial charge on any atom is 0.310 e. The Balaban J connectivity index is 1.98. The second-order valence-corrected chi connectivity index (χ2v) is 6.70. The monoisotopic (exact) mass is 267 g/mol. The average molecular weight is 267 g/mol. The molecule has 0 bridgehead atoms. The van der Waals surface area contributed by atoms with Crippen molar-refractivity contribution in [3.05, 3.63) is 0 Å². The van der Waals surface area contributed by atoms with E-state index in [1.807, 2.05) is 4.90 Å². The van der Waals surface area contributed by atoms with Gasteiger partial charge >= 0.3 is 5.97 Å². The summed E-state index contributed by atoms with van der Waals surface area (Å²) in [6.45, 7) is 5.98. The summed E-state index contributed by atoms with van der Waals surface area (Å²) in [6.07, 6.45) is 5.72. The lowest BCUT2D eigenvalue weighted by atomic mass is 9.66. The Morgan fingerprint density at radius 1 is 1.21 bits per heavy atom. The zero-order valence-corrected chi connectivity index (χ0v) is 12.1. The van der Waals surface area contributed by atoms with Gasteiger partial charge in [0.15, 0.2) is 0 Å². The number of carbonyl (C=O) groups excluding carboxylic acids is 1. The second kappa shape index (κ2) is 5.14. The number of amides is 1. The normalized spacial score (nSPS) is 29.7. The standard InChI is InChI=1S/C15H25NO3/c1-3-14(2)6-5-9-16(11-14)12(17)10-15(13(18)19)7-4-8-15/h3-11H2,1-2H3,(H,18,19). The van der Waals surface area contributed by atoms with E-state index in [0.717, 1.165) is 38.8 Å². The Morgan fingerprint density at radius 2 is 1.89 bits per heavy atom. The van der Waals surface area contributed by atoms with Crippen LogP contribution < -0.4 is 0 Å². The molecule has 1 aliphatic carbocycles. The fourth-order valence-electron chi connectivity index (χ4n) is 3.29.